The molecule has 0 nitrogen and oxygen atoms in total. The van der Waals surface area contributed by atoms with Gasteiger partial charge in [-0.1, -0.05) is 283 Å². The first-order chi connectivity index (χ1) is 23.9. The molecule has 0 saturated heterocycles. The van der Waals surface area contributed by atoms with Crippen molar-refractivity contribution < 1.29 is 147 Å². The van der Waals surface area contributed by atoms with Crippen LogP contribution in [0.1, 0.15) is 288 Å². The van der Waals surface area contributed by atoms with Gasteiger partial charge in [-0.25, -0.2) is 0 Å². The fourth-order valence-electron chi connectivity index (χ4n) is 0.534. The topological polar surface area (TPSA) is 0 Å². The predicted molar refractivity (Wildman–Crippen MR) is 345 cm³/mol. The van der Waals surface area contributed by atoms with Crippen molar-refractivity contribution in [1.29, 1.82) is 0 Å². The maximum absolute atomic E-state index is 3.25. The summed E-state index contributed by atoms with van der Waals surface area (Å²) in [6.07, 6.45) is 7.50. The van der Waals surface area contributed by atoms with E-state index >= 15 is 0 Å². The summed E-state index contributed by atoms with van der Waals surface area (Å²) in [7, 11) is 0. The summed E-state index contributed by atoms with van der Waals surface area (Å²) in [5, 5.41) is 0. The molecular weight excluding hydrogens is 1610 g/mol. The molecule has 0 aliphatic carbocycles. The van der Waals surface area contributed by atoms with Gasteiger partial charge in [0, 0.05) is 206 Å². The van der Waals surface area contributed by atoms with Gasteiger partial charge >= 0.3 is 0 Å². The van der Waals surface area contributed by atoms with Gasteiger partial charge < -0.3 is 50.0 Å². The molecule has 24 radical (unpaired) electrons. The molecule has 0 unspecified atom stereocenters. The van der Waals surface area contributed by atoms with E-state index in [9.17, 15) is 0 Å². The molecule has 0 aromatic heterocycles. The van der Waals surface area contributed by atoms with E-state index in [1.54, 1.807) is 27.7 Å². The van der Waals surface area contributed by atoms with Gasteiger partial charge in [0.15, 0.2) is 0 Å². The monoisotopic (exact) mass is 1770 g/mol. The van der Waals surface area contributed by atoms with Crippen molar-refractivity contribution in [3.63, 3.8) is 0 Å². The smallest absolute Gasteiger partial charge is 0 e. The van der Waals surface area contributed by atoms with Gasteiger partial charge in [0.2, 0.25) is 0 Å². The quantitative estimate of drug-likeness (QED) is 0.179. The Morgan fingerprint density at radius 3 is 0.368 bits per heavy atom. The van der Waals surface area contributed by atoms with E-state index in [0.717, 1.165) is 0 Å². The number of benzene rings is 1. The Morgan fingerprint density at radius 2 is 0.338 bits per heavy atom. The van der Waals surface area contributed by atoms with Crippen molar-refractivity contribution >= 4 is 58.9 Å². The Labute approximate surface area is 567 Å². The normalized spacial score (nSPS) is 3.54. The third kappa shape index (κ3) is 2260. The van der Waals surface area contributed by atoms with Crippen LogP contribution in [0.5, 0.6) is 0 Å². The van der Waals surface area contributed by atoms with Crippen molar-refractivity contribution in [2.24, 2.45) is 0 Å². The van der Waals surface area contributed by atoms with E-state index in [1.807, 2.05) is 129 Å². The minimum absolute atomic E-state index is 0. The molecule has 0 atom stereocenters. The van der Waals surface area contributed by atoms with Crippen molar-refractivity contribution in [2.45, 2.75) is 282 Å². The molecule has 0 spiro atoms. The summed E-state index contributed by atoms with van der Waals surface area (Å²) in [5.74, 6) is 0. The zero-order chi connectivity index (χ0) is 45.4. The Kier molecular flexibility index (Phi) is 4610. The second-order valence-corrected chi connectivity index (χ2v) is 5.90. The van der Waals surface area contributed by atoms with Crippen LogP contribution in [0.3, 0.4) is 0 Å². The molecule has 1 rings (SSSR count). The zero-order valence-corrected chi connectivity index (χ0v) is 69.4. The first-order valence-corrected chi connectivity index (χ1v) is 21.7. The Morgan fingerprint density at radius 1 is 0.279 bits per heavy atom. The summed E-state index contributed by atoms with van der Waals surface area (Å²) in [4.78, 5) is 0. The molecule has 14 heteroatoms. The van der Waals surface area contributed by atoms with Gasteiger partial charge in [-0.05, 0) is 6.92 Å². The molecule has 0 amide bonds. The van der Waals surface area contributed by atoms with Crippen molar-refractivity contribution in [3.05, 3.63) is 85.9 Å². The molecule has 0 aliphatic rings. The van der Waals surface area contributed by atoms with Crippen LogP contribution in [-0.4, -0.2) is 58.9 Å². The molecule has 0 N–H and O–H groups in total. The van der Waals surface area contributed by atoms with Crippen LogP contribution >= 0.6 is 0 Å². The SMILES string of the molecule is C.C.CC.CC.CC.CC.CC.CC.CC.CC.CCC.CCC.CCC.CCC.CCC.CCC.Cc1ccccc1.[2HH].[2HH].[2HH].[2HH].[2HH].[B].[B].[B].[B].[B].[B].[B].[CH2-]C.[CH2-]C.[CH2-]C.[CH2-]C.[CH3-].[CH3-].[CH3-].[V].[V].[V].[W].[W].[W].[W]. The summed E-state index contributed by atoms with van der Waals surface area (Å²) in [6, 6.07) is 10.3. The first-order valence-electron chi connectivity index (χ1n) is 21.7. The Bertz CT molecular complexity index is 282. The van der Waals surface area contributed by atoms with Gasteiger partial charge in [0.25, 0.3) is 0 Å². The summed E-state index contributed by atoms with van der Waals surface area (Å²) >= 11 is 0. The average Bonchev–Trinajstić information content (AvgIpc) is 3.20. The largest absolute Gasteiger partial charge is 0.358 e. The van der Waals surface area contributed by atoms with Crippen molar-refractivity contribution in [1.82, 2.24) is 0 Å². The molecule has 1 aromatic rings. The molecule has 0 saturated carbocycles. The zero-order valence-electron chi connectivity index (χ0n) is 53.5. The van der Waals surface area contributed by atoms with Crippen LogP contribution in [-0.2, 0) is 140 Å². The standard InChI is InChI=1S/C7H8.6C3H8.8C2H6.4C2H5.2CH4.3CH3.7B.3V.4W.5H2/c1-7-5-3-2-4-6-7;6*1-3-2;12*1-2;;;;;;;;;;;;;;;;;;;;;;;;/h2-6H,1H3;6*3H2,1-2H3;8*1-2H3;4*1H2,2H3;2*1H4;3*1H3;;;;;;;;;;;;;;;5*1H/q;;;;;;;;;;;;;;;4*-1;;;3*-1;;;;;;;;;;;;;;;;;;;/i;;;;;;;;;;;;;;;;;;;;;;;;;;;;;;;;;;;;;;5*1+1. The van der Waals surface area contributed by atoms with Crippen LogP contribution < -0.4 is 0 Å². The van der Waals surface area contributed by atoms with E-state index in [2.05, 4.69) is 130 Å². The predicted octanol–water partition coefficient (Wildman–Crippen LogP) is 23.2. The molecule has 0 aliphatic heterocycles. The fraction of sp³-hybridized carbons (Fsp3) is 0.759. The van der Waals surface area contributed by atoms with Crippen LogP contribution in [0.15, 0.2) is 30.3 Å². The second kappa shape index (κ2) is 1060. The molecule has 68 heavy (non-hydrogen) atoms. The van der Waals surface area contributed by atoms with Crippen LogP contribution in [0.4, 0.5) is 0 Å². The van der Waals surface area contributed by atoms with E-state index in [0.29, 0.717) is 0 Å². The third-order valence-electron chi connectivity index (χ3n) is 0.940. The van der Waals surface area contributed by atoms with Crippen molar-refractivity contribution in [2.75, 3.05) is 0 Å². The molecular formula is C54H151B7V3W4-7. The summed E-state index contributed by atoms with van der Waals surface area (Å²) < 4.78 is 0. The van der Waals surface area contributed by atoms with E-state index in [-0.39, 0.29) is 243 Å². The number of aryl methyl sites for hydroxylation is 1. The van der Waals surface area contributed by atoms with Gasteiger partial charge in [0.05, 0.1) is 0 Å². The van der Waals surface area contributed by atoms with E-state index < -0.39 is 0 Å². The van der Waals surface area contributed by atoms with Gasteiger partial charge in [0.1, 0.15) is 0 Å². The van der Waals surface area contributed by atoms with Gasteiger partial charge in [-0.3, -0.25) is 0 Å². The number of rotatable bonds is 0. The van der Waals surface area contributed by atoms with Crippen LogP contribution in [0.25, 0.3) is 0 Å². The van der Waals surface area contributed by atoms with Crippen LogP contribution in [0, 0.1) is 56.9 Å². The molecule has 0 heterocycles. The maximum Gasteiger partial charge on any atom is 0 e. The first kappa shape index (κ1) is 295. The van der Waals surface area contributed by atoms with E-state index in [4.69, 9.17) is 0 Å². The number of hydrogen-bond donors (Lipinski definition) is 0. The maximum atomic E-state index is 3.25. The van der Waals surface area contributed by atoms with Crippen LogP contribution in [0.2, 0.25) is 0 Å². The molecule has 0 fully saturated rings. The van der Waals surface area contributed by atoms with E-state index in [1.165, 1.54) is 44.1 Å². The van der Waals surface area contributed by atoms with Gasteiger partial charge in [-0.2, -0.15) is 27.7 Å². The Balaban J connectivity index is -0.00000000346. The number of hydrogen-bond acceptors (Lipinski definition) is 0. The molecule has 0 bridgehead atoms. The second-order valence-electron chi connectivity index (χ2n) is 5.90. The van der Waals surface area contributed by atoms with Crippen molar-refractivity contribution in [3.8, 4) is 0 Å². The molecule has 434 valence electrons. The third-order valence-corrected chi connectivity index (χ3v) is 0.940. The van der Waals surface area contributed by atoms with Gasteiger partial charge in [-0.15, -0.1) is 0 Å². The fourth-order valence-corrected chi connectivity index (χ4v) is 0.534. The summed E-state index contributed by atoms with van der Waals surface area (Å²) in [6.45, 7) is 79.6. The summed E-state index contributed by atoms with van der Waals surface area (Å²) in [5.41, 5.74) is 1.32. The minimum atomic E-state index is 0. The molecule has 1 aromatic carbocycles. The Hall–Kier alpha value is 4.18. The average molecular weight is 1770 g/mol. The minimum Gasteiger partial charge on any atom is -0.358 e.